The van der Waals surface area contributed by atoms with Gasteiger partial charge in [-0.15, -0.1) is 0 Å². The smallest absolute Gasteiger partial charge is 0.161 e. The predicted molar refractivity (Wildman–Crippen MR) is 72.3 cm³/mol. The summed E-state index contributed by atoms with van der Waals surface area (Å²) in [6.07, 6.45) is -0.667. The maximum atomic E-state index is 13.5. The highest BCUT2D eigenvalue weighted by atomic mass is 19.1. The van der Waals surface area contributed by atoms with Gasteiger partial charge in [0.15, 0.2) is 5.78 Å². The van der Waals surface area contributed by atoms with Crippen LogP contribution in [0, 0.1) is 12.7 Å². The number of aliphatic hydroxyl groups is 1. The molecule has 0 fully saturated rings. The normalized spacial score (nSPS) is 12.3. The Morgan fingerprint density at radius 3 is 2.68 bits per heavy atom. The van der Waals surface area contributed by atoms with Gasteiger partial charge >= 0.3 is 0 Å². The third-order valence-corrected chi connectivity index (χ3v) is 2.91. The van der Waals surface area contributed by atoms with Crippen LogP contribution in [0.2, 0.25) is 0 Å². The number of benzene rings is 1. The average Bonchev–Trinajstić information content (AvgIpc) is 2.31. The fourth-order valence-electron chi connectivity index (χ4n) is 1.92. The van der Waals surface area contributed by atoms with Crippen LogP contribution in [-0.4, -0.2) is 44.3 Å². The van der Waals surface area contributed by atoms with Crippen LogP contribution < -0.4 is 4.90 Å². The molecule has 1 unspecified atom stereocenters. The third-order valence-electron chi connectivity index (χ3n) is 2.91. The number of methoxy groups -OCH3 is 1. The molecule has 0 aliphatic carbocycles. The minimum absolute atomic E-state index is 0.206. The summed E-state index contributed by atoms with van der Waals surface area (Å²) >= 11 is 0. The molecule has 1 atom stereocenters. The standard InChI is InChI=1S/C14H20FNO3/c1-9-5-14(12(10(2)17)6-13(9)15)16(3)7-11(18)8-19-4/h5-6,11,18H,7-8H2,1-4H3. The zero-order valence-corrected chi connectivity index (χ0v) is 11.7. The molecule has 0 saturated heterocycles. The number of halogens is 1. The largest absolute Gasteiger partial charge is 0.389 e. The van der Waals surface area contributed by atoms with Gasteiger partial charge in [0.2, 0.25) is 0 Å². The van der Waals surface area contributed by atoms with Gasteiger partial charge in [-0.05, 0) is 31.5 Å². The molecule has 1 aromatic rings. The van der Waals surface area contributed by atoms with E-state index in [0.29, 0.717) is 23.4 Å². The molecule has 0 saturated carbocycles. The predicted octanol–water partition coefficient (Wildman–Crippen LogP) is 1.78. The Morgan fingerprint density at radius 1 is 1.53 bits per heavy atom. The quantitative estimate of drug-likeness (QED) is 0.800. The number of rotatable bonds is 6. The van der Waals surface area contributed by atoms with Crippen LogP contribution in [0.5, 0.6) is 0 Å². The first-order valence-corrected chi connectivity index (χ1v) is 6.06. The first kappa shape index (κ1) is 15.6. The molecule has 0 aliphatic heterocycles. The minimum atomic E-state index is -0.667. The second kappa shape index (κ2) is 6.63. The van der Waals surface area contributed by atoms with Gasteiger partial charge in [-0.3, -0.25) is 4.79 Å². The Bertz CT molecular complexity index is 462. The third kappa shape index (κ3) is 4.01. The number of ketones is 1. The number of nitrogens with zero attached hydrogens (tertiary/aromatic N) is 1. The van der Waals surface area contributed by atoms with Crippen molar-refractivity contribution in [2.75, 3.05) is 32.2 Å². The molecule has 5 heteroatoms. The number of likely N-dealkylation sites (N-methyl/N-ethyl adjacent to an activating group) is 1. The Kier molecular flexibility index (Phi) is 5.44. The summed E-state index contributed by atoms with van der Waals surface area (Å²) in [5, 5.41) is 9.71. The molecular formula is C14H20FNO3. The molecular weight excluding hydrogens is 249 g/mol. The zero-order chi connectivity index (χ0) is 14.6. The van der Waals surface area contributed by atoms with Gasteiger partial charge in [-0.1, -0.05) is 0 Å². The Morgan fingerprint density at radius 2 is 2.16 bits per heavy atom. The summed E-state index contributed by atoms with van der Waals surface area (Å²) in [5.41, 5.74) is 1.39. The fraction of sp³-hybridized carbons (Fsp3) is 0.500. The number of Topliss-reactive ketones (excluding diaryl/α,β-unsaturated/α-hetero) is 1. The van der Waals surface area contributed by atoms with Gasteiger partial charge in [0.25, 0.3) is 0 Å². The number of carbonyl (C=O) groups excluding carboxylic acids is 1. The second-order valence-electron chi connectivity index (χ2n) is 4.66. The Labute approximate surface area is 112 Å². The van der Waals surface area contributed by atoms with Crippen LogP contribution in [0.15, 0.2) is 12.1 Å². The zero-order valence-electron chi connectivity index (χ0n) is 11.7. The maximum absolute atomic E-state index is 13.5. The first-order valence-electron chi connectivity index (χ1n) is 6.06. The van der Waals surface area contributed by atoms with E-state index in [2.05, 4.69) is 0 Å². The highest BCUT2D eigenvalue weighted by molar-refractivity contribution is 5.99. The average molecular weight is 269 g/mol. The summed E-state index contributed by atoms with van der Waals surface area (Å²) in [6.45, 7) is 3.55. The summed E-state index contributed by atoms with van der Waals surface area (Å²) in [7, 11) is 3.25. The van der Waals surface area contributed by atoms with Crippen molar-refractivity contribution in [1.82, 2.24) is 0 Å². The molecule has 0 aliphatic rings. The van der Waals surface area contributed by atoms with Crippen molar-refractivity contribution in [3.05, 3.63) is 29.1 Å². The van der Waals surface area contributed by atoms with Gasteiger partial charge in [0.05, 0.1) is 12.7 Å². The molecule has 1 rings (SSSR count). The molecule has 4 nitrogen and oxygen atoms in total. The molecule has 0 amide bonds. The number of aryl methyl sites for hydroxylation is 1. The SMILES string of the molecule is COCC(O)CN(C)c1cc(C)c(F)cc1C(C)=O. The first-order chi connectivity index (χ1) is 8.86. The van der Waals surface area contributed by atoms with Gasteiger partial charge in [0.1, 0.15) is 5.82 Å². The number of carbonyl (C=O) groups is 1. The molecule has 0 radical (unpaired) electrons. The van der Waals surface area contributed by atoms with Crippen molar-refractivity contribution < 1.29 is 19.0 Å². The lowest BCUT2D eigenvalue weighted by Crippen LogP contribution is -2.32. The lowest BCUT2D eigenvalue weighted by molar-refractivity contribution is 0.0694. The lowest BCUT2D eigenvalue weighted by atomic mass is 10.0. The Hall–Kier alpha value is -1.46. The number of anilines is 1. The van der Waals surface area contributed by atoms with Crippen LogP contribution in [-0.2, 0) is 4.74 Å². The van der Waals surface area contributed by atoms with Crippen LogP contribution in [0.25, 0.3) is 0 Å². The van der Waals surface area contributed by atoms with E-state index < -0.39 is 11.9 Å². The van der Waals surface area contributed by atoms with Crippen LogP contribution in [0.4, 0.5) is 10.1 Å². The van der Waals surface area contributed by atoms with Crippen LogP contribution in [0.1, 0.15) is 22.8 Å². The van der Waals surface area contributed by atoms with Gasteiger partial charge in [0, 0.05) is 32.0 Å². The molecule has 0 bridgehead atoms. The minimum Gasteiger partial charge on any atom is -0.389 e. The molecule has 1 aromatic carbocycles. The van der Waals surface area contributed by atoms with E-state index in [1.54, 1.807) is 24.9 Å². The van der Waals surface area contributed by atoms with Crippen molar-refractivity contribution in [2.24, 2.45) is 0 Å². The van der Waals surface area contributed by atoms with Crippen molar-refractivity contribution in [2.45, 2.75) is 20.0 Å². The second-order valence-corrected chi connectivity index (χ2v) is 4.66. The highest BCUT2D eigenvalue weighted by Crippen LogP contribution is 2.24. The molecule has 106 valence electrons. The van der Waals surface area contributed by atoms with Gasteiger partial charge in [-0.25, -0.2) is 4.39 Å². The molecule has 0 spiro atoms. The van der Waals surface area contributed by atoms with Gasteiger partial charge < -0.3 is 14.7 Å². The van der Waals surface area contributed by atoms with E-state index >= 15 is 0 Å². The monoisotopic (exact) mass is 269 g/mol. The van der Waals surface area contributed by atoms with E-state index in [1.165, 1.54) is 20.1 Å². The van der Waals surface area contributed by atoms with E-state index in [4.69, 9.17) is 4.74 Å². The van der Waals surface area contributed by atoms with E-state index in [9.17, 15) is 14.3 Å². The summed E-state index contributed by atoms with van der Waals surface area (Å²) in [6, 6.07) is 2.86. The summed E-state index contributed by atoms with van der Waals surface area (Å²) < 4.78 is 18.4. The Balaban J connectivity index is 3.04. The topological polar surface area (TPSA) is 49.8 Å². The number of hydrogen-bond acceptors (Lipinski definition) is 4. The van der Waals surface area contributed by atoms with Crippen molar-refractivity contribution in [3.8, 4) is 0 Å². The molecule has 0 heterocycles. The van der Waals surface area contributed by atoms with E-state index in [1.807, 2.05) is 0 Å². The molecule has 19 heavy (non-hydrogen) atoms. The number of aliphatic hydroxyl groups excluding tert-OH is 1. The highest BCUT2D eigenvalue weighted by Gasteiger charge is 2.16. The van der Waals surface area contributed by atoms with E-state index in [-0.39, 0.29) is 12.4 Å². The fourth-order valence-corrected chi connectivity index (χ4v) is 1.92. The lowest BCUT2D eigenvalue weighted by Gasteiger charge is -2.25. The summed E-state index contributed by atoms with van der Waals surface area (Å²) in [5.74, 6) is -0.609. The van der Waals surface area contributed by atoms with Crippen LogP contribution in [0.3, 0.4) is 0 Å². The van der Waals surface area contributed by atoms with Crippen LogP contribution >= 0.6 is 0 Å². The summed E-state index contributed by atoms with van der Waals surface area (Å²) in [4.78, 5) is 13.3. The van der Waals surface area contributed by atoms with E-state index in [0.717, 1.165) is 0 Å². The molecule has 0 aromatic heterocycles. The number of ether oxygens (including phenoxy) is 1. The number of hydrogen-bond donors (Lipinski definition) is 1. The molecule has 1 N–H and O–H groups in total. The van der Waals surface area contributed by atoms with Crippen molar-refractivity contribution in [1.29, 1.82) is 0 Å². The van der Waals surface area contributed by atoms with Gasteiger partial charge in [-0.2, -0.15) is 0 Å². The van der Waals surface area contributed by atoms with Crippen molar-refractivity contribution >= 4 is 11.5 Å². The maximum Gasteiger partial charge on any atom is 0.161 e. The van der Waals surface area contributed by atoms with Crippen molar-refractivity contribution in [3.63, 3.8) is 0 Å².